The van der Waals surface area contributed by atoms with Gasteiger partial charge in [-0.2, -0.15) is 0 Å². The topological polar surface area (TPSA) is 128 Å². The van der Waals surface area contributed by atoms with Crippen molar-refractivity contribution in [1.82, 2.24) is 20.2 Å². The van der Waals surface area contributed by atoms with Crippen molar-refractivity contribution in [2.24, 2.45) is 5.14 Å². The van der Waals surface area contributed by atoms with E-state index in [0.29, 0.717) is 30.0 Å². The molecule has 0 bridgehead atoms. The normalized spacial score (nSPS) is 11.7. The number of primary sulfonamides is 1. The number of aromatic nitrogens is 2. The maximum absolute atomic E-state index is 12.2. The van der Waals surface area contributed by atoms with Gasteiger partial charge in [0.25, 0.3) is 5.91 Å². The number of rotatable bonds is 10. The molecule has 1 aromatic carbocycles. The predicted octanol–water partition coefficient (Wildman–Crippen LogP) is 2.52. The number of likely N-dealkylation sites (N-methyl/N-ethyl adjacent to an activating group) is 1. The lowest BCUT2D eigenvalue weighted by molar-refractivity contribution is 0.0946. The number of pyridine rings is 1. The maximum atomic E-state index is 12.2. The Labute approximate surface area is 204 Å². The van der Waals surface area contributed by atoms with Crippen LogP contribution in [0.1, 0.15) is 34.9 Å². The molecule has 3 N–H and O–H groups in total. The number of nitrogens with two attached hydrogens (primary N) is 1. The molecule has 0 atom stereocenters. The lowest BCUT2D eigenvalue weighted by atomic mass is 10.1. The Bertz CT molecular complexity index is 1240. The second kappa shape index (κ2) is 11.0. The van der Waals surface area contributed by atoms with Crippen LogP contribution in [0.4, 0.5) is 0 Å². The molecule has 0 saturated heterocycles. The number of carbonyl (C=O) groups excluding carboxylic acids is 1. The molecular formula is C23H29N5O4S2. The molecule has 0 saturated carbocycles. The van der Waals surface area contributed by atoms with Gasteiger partial charge < -0.3 is 15.0 Å². The molecule has 0 aliphatic heterocycles. The number of nitrogens with zero attached hydrogens (tertiary/aromatic N) is 3. The first-order valence-corrected chi connectivity index (χ1v) is 13.1. The third kappa shape index (κ3) is 7.07. The van der Waals surface area contributed by atoms with E-state index in [1.807, 2.05) is 44.3 Å². The van der Waals surface area contributed by atoms with Gasteiger partial charge in [0, 0.05) is 42.2 Å². The number of hydrogen-bond acceptors (Lipinski definition) is 8. The van der Waals surface area contributed by atoms with Crippen molar-refractivity contribution in [3.63, 3.8) is 0 Å². The zero-order valence-electron chi connectivity index (χ0n) is 19.6. The summed E-state index contributed by atoms with van der Waals surface area (Å²) >= 11 is 1.45. The van der Waals surface area contributed by atoms with E-state index in [0.717, 1.165) is 22.8 Å². The summed E-state index contributed by atoms with van der Waals surface area (Å²) < 4.78 is 29.5. The van der Waals surface area contributed by atoms with E-state index in [2.05, 4.69) is 15.3 Å². The number of hydrogen-bond donors (Lipinski definition) is 2. The van der Waals surface area contributed by atoms with Crippen molar-refractivity contribution in [1.29, 1.82) is 0 Å². The van der Waals surface area contributed by atoms with Crippen LogP contribution in [0.5, 0.6) is 5.75 Å². The molecule has 0 aliphatic rings. The highest BCUT2D eigenvalue weighted by molar-refractivity contribution is 7.89. The Hall–Kier alpha value is -2.86. The molecule has 0 aliphatic carbocycles. The van der Waals surface area contributed by atoms with Gasteiger partial charge in [0.2, 0.25) is 10.0 Å². The molecule has 2 heterocycles. The first-order chi connectivity index (χ1) is 16.0. The third-order valence-corrected chi connectivity index (χ3v) is 6.51. The quantitative estimate of drug-likeness (QED) is 0.435. The molecule has 0 radical (unpaired) electrons. The zero-order chi connectivity index (χ0) is 24.9. The van der Waals surface area contributed by atoms with Crippen molar-refractivity contribution >= 4 is 27.3 Å². The maximum Gasteiger partial charge on any atom is 0.269 e. The highest BCUT2D eigenvalue weighted by Gasteiger charge is 2.16. The molecule has 182 valence electrons. The van der Waals surface area contributed by atoms with E-state index >= 15 is 0 Å². The number of nitrogens with one attached hydrogen (secondary N) is 1. The van der Waals surface area contributed by atoms with Crippen LogP contribution in [0.3, 0.4) is 0 Å². The summed E-state index contributed by atoms with van der Waals surface area (Å²) in [6, 6.07) is 8.06. The highest BCUT2D eigenvalue weighted by Crippen LogP contribution is 2.29. The monoisotopic (exact) mass is 503 g/mol. The Balaban J connectivity index is 1.76. The van der Waals surface area contributed by atoms with Crippen molar-refractivity contribution in [2.45, 2.75) is 31.3 Å². The number of carbonyl (C=O) groups is 1. The Morgan fingerprint density at radius 3 is 2.62 bits per heavy atom. The van der Waals surface area contributed by atoms with Gasteiger partial charge in [-0.1, -0.05) is 0 Å². The van der Waals surface area contributed by atoms with Gasteiger partial charge in [-0.25, -0.2) is 18.5 Å². The Morgan fingerprint density at radius 2 is 2.00 bits per heavy atom. The number of ether oxygens (including phenoxy) is 1. The van der Waals surface area contributed by atoms with Gasteiger partial charge in [0.15, 0.2) is 0 Å². The summed E-state index contributed by atoms with van der Waals surface area (Å²) in [5.74, 6) is 0.366. The first kappa shape index (κ1) is 25.8. The van der Waals surface area contributed by atoms with Crippen LogP contribution in [-0.4, -0.2) is 62.5 Å². The molecule has 2 aromatic heterocycles. The van der Waals surface area contributed by atoms with E-state index in [1.165, 1.54) is 23.5 Å². The predicted molar refractivity (Wildman–Crippen MR) is 133 cm³/mol. The minimum absolute atomic E-state index is 0.0269. The van der Waals surface area contributed by atoms with Crippen LogP contribution < -0.4 is 15.2 Å². The molecular weight excluding hydrogens is 474 g/mol. The van der Waals surface area contributed by atoms with Crippen LogP contribution in [-0.2, 0) is 16.4 Å². The average Bonchev–Trinajstić information content (AvgIpc) is 3.22. The largest absolute Gasteiger partial charge is 0.491 e. The minimum atomic E-state index is -3.84. The van der Waals surface area contributed by atoms with Crippen LogP contribution in [0.25, 0.3) is 11.3 Å². The SMILES string of the molecule is CC(C)Oc1ccc(S(N)(=O)=O)cc1Cc1nc(-c2ccc(C(=O)NCCN(C)C)nc2)cs1. The van der Waals surface area contributed by atoms with E-state index in [9.17, 15) is 13.2 Å². The molecule has 1 amide bonds. The van der Waals surface area contributed by atoms with Crippen LogP contribution in [0, 0.1) is 0 Å². The number of thiazole rings is 1. The molecule has 11 heteroatoms. The Morgan fingerprint density at radius 1 is 1.24 bits per heavy atom. The molecule has 9 nitrogen and oxygen atoms in total. The fraction of sp³-hybridized carbons (Fsp3) is 0.348. The lowest BCUT2D eigenvalue weighted by Gasteiger charge is -2.14. The average molecular weight is 504 g/mol. The summed E-state index contributed by atoms with van der Waals surface area (Å²) in [7, 11) is 0.0435. The van der Waals surface area contributed by atoms with Crippen molar-refractivity contribution in [3.05, 3.63) is 58.2 Å². The first-order valence-electron chi connectivity index (χ1n) is 10.7. The summed E-state index contributed by atoms with van der Waals surface area (Å²) in [6.07, 6.45) is 1.93. The Kier molecular flexibility index (Phi) is 8.37. The smallest absolute Gasteiger partial charge is 0.269 e. The molecule has 3 rings (SSSR count). The second-order valence-electron chi connectivity index (χ2n) is 8.28. The van der Waals surface area contributed by atoms with Gasteiger partial charge in [0.05, 0.1) is 21.7 Å². The molecule has 3 aromatic rings. The van der Waals surface area contributed by atoms with Gasteiger partial charge in [0.1, 0.15) is 11.4 Å². The van der Waals surface area contributed by atoms with Crippen LogP contribution in [0.15, 0.2) is 46.8 Å². The summed E-state index contributed by atoms with van der Waals surface area (Å²) in [5, 5.41) is 10.8. The van der Waals surface area contributed by atoms with Gasteiger partial charge >= 0.3 is 0 Å². The van der Waals surface area contributed by atoms with E-state index < -0.39 is 10.0 Å². The van der Waals surface area contributed by atoms with E-state index in [1.54, 1.807) is 18.3 Å². The molecule has 0 fully saturated rings. The number of amides is 1. The second-order valence-corrected chi connectivity index (χ2v) is 10.8. The summed E-state index contributed by atoms with van der Waals surface area (Å²) in [5.41, 5.74) is 2.53. The minimum Gasteiger partial charge on any atom is -0.491 e. The van der Waals surface area contributed by atoms with Crippen LogP contribution >= 0.6 is 11.3 Å². The third-order valence-electron chi connectivity index (χ3n) is 4.75. The molecule has 0 spiro atoms. The summed E-state index contributed by atoms with van der Waals surface area (Å²) in [6.45, 7) is 5.09. The molecule has 34 heavy (non-hydrogen) atoms. The highest BCUT2D eigenvalue weighted by atomic mass is 32.2. The lowest BCUT2D eigenvalue weighted by Crippen LogP contribution is -2.31. The number of benzene rings is 1. The zero-order valence-corrected chi connectivity index (χ0v) is 21.2. The summed E-state index contributed by atoms with van der Waals surface area (Å²) in [4.78, 5) is 23.2. The fourth-order valence-electron chi connectivity index (χ4n) is 3.09. The van der Waals surface area contributed by atoms with Crippen molar-refractivity contribution < 1.29 is 17.9 Å². The molecule has 0 unspecified atom stereocenters. The number of sulfonamides is 1. The van der Waals surface area contributed by atoms with Gasteiger partial charge in [-0.3, -0.25) is 9.78 Å². The fourth-order valence-corrected chi connectivity index (χ4v) is 4.48. The van der Waals surface area contributed by atoms with Gasteiger partial charge in [-0.15, -0.1) is 11.3 Å². The van der Waals surface area contributed by atoms with Crippen LogP contribution in [0.2, 0.25) is 0 Å². The van der Waals surface area contributed by atoms with E-state index in [4.69, 9.17) is 9.88 Å². The standard InChI is InChI=1S/C23H29N5O4S2/c1-15(2)32-21-8-6-18(34(24,30)31)11-17(21)12-22-27-20(14-33-22)16-5-7-19(26-13-16)23(29)25-9-10-28(3)4/h5-8,11,13-15H,9-10,12H2,1-4H3,(H,25,29)(H2,24,30,31). The van der Waals surface area contributed by atoms with Crippen molar-refractivity contribution in [2.75, 3.05) is 27.2 Å². The van der Waals surface area contributed by atoms with E-state index in [-0.39, 0.29) is 16.9 Å². The van der Waals surface area contributed by atoms with Gasteiger partial charge in [-0.05, 0) is 58.3 Å². The van der Waals surface area contributed by atoms with Crippen molar-refractivity contribution in [3.8, 4) is 17.0 Å².